The van der Waals surface area contributed by atoms with Crippen LogP contribution in [0.4, 0.5) is 0 Å². The van der Waals surface area contributed by atoms with Gasteiger partial charge in [0, 0.05) is 5.39 Å². The van der Waals surface area contributed by atoms with Crippen LogP contribution in [-0.2, 0) is 6.54 Å². The van der Waals surface area contributed by atoms with Gasteiger partial charge in [0.05, 0.1) is 12.1 Å². The molecular formula is C11H12ClN3. The summed E-state index contributed by atoms with van der Waals surface area (Å²) in [6.07, 6.45) is 0. The summed E-state index contributed by atoms with van der Waals surface area (Å²) in [6.45, 7) is 2.65. The van der Waals surface area contributed by atoms with E-state index in [0.717, 1.165) is 22.3 Å². The van der Waals surface area contributed by atoms with Crippen molar-refractivity contribution >= 4 is 22.5 Å². The molecule has 15 heavy (non-hydrogen) atoms. The number of nitrogens with zero attached hydrogens (tertiary/aromatic N) is 2. The highest BCUT2D eigenvalue weighted by Crippen LogP contribution is 2.22. The van der Waals surface area contributed by atoms with Gasteiger partial charge in [0.2, 0.25) is 0 Å². The normalized spacial score (nSPS) is 10.9. The molecule has 0 amide bonds. The molecule has 0 saturated heterocycles. The van der Waals surface area contributed by atoms with Gasteiger partial charge in [-0.1, -0.05) is 23.7 Å². The zero-order valence-corrected chi connectivity index (χ0v) is 9.47. The third-order valence-electron chi connectivity index (χ3n) is 2.26. The lowest BCUT2D eigenvalue weighted by atomic mass is 10.1. The summed E-state index contributed by atoms with van der Waals surface area (Å²) in [5.41, 5.74) is 2.05. The first kappa shape index (κ1) is 10.3. The van der Waals surface area contributed by atoms with Crippen LogP contribution in [0, 0.1) is 6.92 Å². The highest BCUT2D eigenvalue weighted by molar-refractivity contribution is 6.34. The molecule has 1 N–H and O–H groups in total. The minimum atomic E-state index is 0.522. The maximum Gasteiger partial charge on any atom is 0.144 e. The molecule has 78 valence electrons. The molecule has 4 heteroatoms. The van der Waals surface area contributed by atoms with Gasteiger partial charge in [-0.25, -0.2) is 9.97 Å². The number of fused-ring (bicyclic) bond motifs is 1. The molecule has 0 unspecified atom stereocenters. The van der Waals surface area contributed by atoms with Crippen molar-refractivity contribution in [3.63, 3.8) is 0 Å². The number of benzene rings is 1. The minimum Gasteiger partial charge on any atom is -0.313 e. The Balaban J connectivity index is 2.68. The van der Waals surface area contributed by atoms with Crippen LogP contribution in [0.1, 0.15) is 11.4 Å². The number of nitrogens with one attached hydrogen (secondary N) is 1. The minimum absolute atomic E-state index is 0.522. The van der Waals surface area contributed by atoms with Gasteiger partial charge >= 0.3 is 0 Å². The second kappa shape index (κ2) is 4.13. The maximum atomic E-state index is 6.09. The Kier molecular flexibility index (Phi) is 2.84. The van der Waals surface area contributed by atoms with Crippen LogP contribution < -0.4 is 5.32 Å². The number of aromatic nitrogens is 2. The van der Waals surface area contributed by atoms with Crippen LogP contribution >= 0.6 is 11.6 Å². The monoisotopic (exact) mass is 221 g/mol. The number of rotatable bonds is 2. The molecule has 0 radical (unpaired) electrons. The molecule has 0 spiro atoms. The van der Waals surface area contributed by atoms with Crippen molar-refractivity contribution in [1.82, 2.24) is 15.3 Å². The van der Waals surface area contributed by atoms with Crippen molar-refractivity contribution in [1.29, 1.82) is 0 Å². The lowest BCUT2D eigenvalue weighted by Crippen LogP contribution is -2.09. The molecule has 1 aromatic carbocycles. The average Bonchev–Trinajstić information content (AvgIpc) is 2.20. The van der Waals surface area contributed by atoms with Gasteiger partial charge in [-0.2, -0.15) is 0 Å². The molecule has 3 nitrogen and oxygen atoms in total. The maximum absolute atomic E-state index is 6.09. The lowest BCUT2D eigenvalue weighted by molar-refractivity contribution is 0.764. The Morgan fingerprint density at radius 3 is 2.87 bits per heavy atom. The first-order valence-corrected chi connectivity index (χ1v) is 5.16. The second-order valence-electron chi connectivity index (χ2n) is 3.43. The predicted molar refractivity (Wildman–Crippen MR) is 62.0 cm³/mol. The molecule has 1 heterocycles. The molecule has 0 bridgehead atoms. The summed E-state index contributed by atoms with van der Waals surface area (Å²) >= 11 is 6.09. The highest BCUT2D eigenvalue weighted by Gasteiger charge is 2.06. The van der Waals surface area contributed by atoms with Crippen molar-refractivity contribution in [3.05, 3.63) is 34.7 Å². The van der Waals surface area contributed by atoms with Crippen LogP contribution in [0.5, 0.6) is 0 Å². The average molecular weight is 222 g/mol. The topological polar surface area (TPSA) is 37.8 Å². The van der Waals surface area contributed by atoms with Gasteiger partial charge in [-0.3, -0.25) is 0 Å². The Hall–Kier alpha value is -1.19. The predicted octanol–water partition coefficient (Wildman–Crippen LogP) is 2.31. The van der Waals surface area contributed by atoms with Gasteiger partial charge < -0.3 is 5.32 Å². The fourth-order valence-corrected chi connectivity index (χ4v) is 1.79. The van der Waals surface area contributed by atoms with Gasteiger partial charge in [-0.05, 0) is 25.6 Å². The number of aryl methyl sites for hydroxylation is 1. The third kappa shape index (κ3) is 1.94. The molecule has 0 saturated carbocycles. The standard InChI is InChI=1S/C11H12ClN3/c1-7-4-3-5-8-10(7)14-9(6-13-2)15-11(8)12/h3-5,13H,6H2,1-2H3. The zero-order valence-electron chi connectivity index (χ0n) is 8.71. The van der Waals surface area contributed by atoms with Gasteiger partial charge in [-0.15, -0.1) is 0 Å². The number of halogens is 1. The van der Waals surface area contributed by atoms with E-state index in [4.69, 9.17) is 11.6 Å². The van der Waals surface area contributed by atoms with Crippen LogP contribution in [0.2, 0.25) is 5.15 Å². The molecule has 2 rings (SSSR count). The van der Waals surface area contributed by atoms with Crippen molar-refractivity contribution in [2.24, 2.45) is 0 Å². The molecule has 0 aliphatic carbocycles. The van der Waals surface area contributed by atoms with E-state index in [1.165, 1.54) is 0 Å². The van der Waals surface area contributed by atoms with Gasteiger partial charge in [0.15, 0.2) is 0 Å². The van der Waals surface area contributed by atoms with Crippen LogP contribution in [-0.4, -0.2) is 17.0 Å². The van der Waals surface area contributed by atoms with Crippen molar-refractivity contribution < 1.29 is 0 Å². The third-order valence-corrected chi connectivity index (χ3v) is 2.55. The van der Waals surface area contributed by atoms with Gasteiger partial charge in [0.25, 0.3) is 0 Å². The van der Waals surface area contributed by atoms with E-state index in [2.05, 4.69) is 15.3 Å². The highest BCUT2D eigenvalue weighted by atomic mass is 35.5. The fourth-order valence-electron chi connectivity index (χ4n) is 1.54. The van der Waals surface area contributed by atoms with Crippen molar-refractivity contribution in [3.8, 4) is 0 Å². The summed E-state index contributed by atoms with van der Waals surface area (Å²) in [6, 6.07) is 5.92. The number of hydrogen-bond donors (Lipinski definition) is 1. The summed E-state index contributed by atoms with van der Waals surface area (Å²) < 4.78 is 0. The van der Waals surface area contributed by atoms with E-state index in [0.29, 0.717) is 11.7 Å². The second-order valence-corrected chi connectivity index (χ2v) is 3.79. The number of hydrogen-bond acceptors (Lipinski definition) is 3. The largest absolute Gasteiger partial charge is 0.313 e. The Morgan fingerprint density at radius 1 is 1.33 bits per heavy atom. The first-order chi connectivity index (χ1) is 7.22. The summed E-state index contributed by atoms with van der Waals surface area (Å²) in [4.78, 5) is 8.69. The Bertz CT molecular complexity index is 496. The van der Waals surface area contributed by atoms with Crippen LogP contribution in [0.3, 0.4) is 0 Å². The van der Waals surface area contributed by atoms with Gasteiger partial charge in [0.1, 0.15) is 11.0 Å². The molecule has 0 aliphatic heterocycles. The Morgan fingerprint density at radius 2 is 2.13 bits per heavy atom. The first-order valence-electron chi connectivity index (χ1n) is 4.78. The molecule has 0 fully saturated rings. The fraction of sp³-hybridized carbons (Fsp3) is 0.273. The van der Waals surface area contributed by atoms with Crippen LogP contribution in [0.25, 0.3) is 10.9 Å². The summed E-state index contributed by atoms with van der Waals surface area (Å²) in [5.74, 6) is 0.726. The molecular weight excluding hydrogens is 210 g/mol. The van der Waals surface area contributed by atoms with E-state index in [1.54, 1.807) is 0 Å². The molecule has 1 aromatic heterocycles. The SMILES string of the molecule is CNCc1nc(Cl)c2cccc(C)c2n1. The Labute approximate surface area is 93.5 Å². The van der Waals surface area contributed by atoms with Crippen molar-refractivity contribution in [2.75, 3.05) is 7.05 Å². The summed E-state index contributed by atoms with van der Waals surface area (Å²) in [5, 5.41) is 4.45. The lowest BCUT2D eigenvalue weighted by Gasteiger charge is -2.05. The van der Waals surface area contributed by atoms with E-state index >= 15 is 0 Å². The van der Waals surface area contributed by atoms with Crippen molar-refractivity contribution in [2.45, 2.75) is 13.5 Å². The van der Waals surface area contributed by atoms with E-state index in [1.807, 2.05) is 32.2 Å². The molecule has 0 aliphatic rings. The van der Waals surface area contributed by atoms with E-state index in [9.17, 15) is 0 Å². The van der Waals surface area contributed by atoms with Crippen LogP contribution in [0.15, 0.2) is 18.2 Å². The quantitative estimate of drug-likeness (QED) is 0.791. The van der Waals surface area contributed by atoms with E-state index < -0.39 is 0 Å². The zero-order chi connectivity index (χ0) is 10.8. The molecule has 0 atom stereocenters. The number of para-hydroxylation sites is 1. The smallest absolute Gasteiger partial charge is 0.144 e. The van der Waals surface area contributed by atoms with E-state index in [-0.39, 0.29) is 0 Å². The molecule has 2 aromatic rings. The summed E-state index contributed by atoms with van der Waals surface area (Å²) in [7, 11) is 1.86.